The molecule has 1 aromatic heterocycles. The second-order valence-corrected chi connectivity index (χ2v) is 6.90. The summed E-state index contributed by atoms with van der Waals surface area (Å²) < 4.78 is 3.06. The maximum absolute atomic E-state index is 6.33. The fraction of sp³-hybridized carbons (Fsp3) is 0.188. The fourth-order valence-corrected chi connectivity index (χ4v) is 3.18. The van der Waals surface area contributed by atoms with Crippen molar-refractivity contribution >= 4 is 50.2 Å². The number of fused-ring (bicyclic) bond motifs is 1. The zero-order chi connectivity index (χ0) is 15.1. The number of hydrogen-bond acceptors (Lipinski definition) is 1. The van der Waals surface area contributed by atoms with Crippen LogP contribution in [-0.2, 0) is 0 Å². The molecule has 0 bridgehead atoms. The van der Waals surface area contributed by atoms with E-state index in [1.165, 1.54) is 5.56 Å². The average molecular weight is 384 g/mol. The van der Waals surface area contributed by atoms with Crippen LogP contribution in [0.1, 0.15) is 23.7 Å². The van der Waals surface area contributed by atoms with Crippen LogP contribution in [0.5, 0.6) is 0 Å². The van der Waals surface area contributed by atoms with Gasteiger partial charge < -0.3 is 0 Å². The van der Waals surface area contributed by atoms with Crippen LogP contribution in [0, 0.1) is 6.92 Å². The number of rotatable bonds is 2. The molecule has 1 atom stereocenters. The Kier molecular flexibility index (Phi) is 4.00. The summed E-state index contributed by atoms with van der Waals surface area (Å²) in [7, 11) is 0. The number of hydrogen-bond donors (Lipinski definition) is 0. The Balaban J connectivity index is 2.42. The van der Waals surface area contributed by atoms with Gasteiger partial charge in [-0.05, 0) is 59.6 Å². The van der Waals surface area contributed by atoms with Gasteiger partial charge in [-0.3, -0.25) is 4.57 Å². The Bertz CT molecular complexity index is 825. The van der Waals surface area contributed by atoms with Gasteiger partial charge in [0.15, 0.2) is 0 Å². The minimum atomic E-state index is -0.221. The van der Waals surface area contributed by atoms with Crippen LogP contribution in [0.2, 0.25) is 5.02 Å². The molecular formula is C16H13BrCl2N2. The van der Waals surface area contributed by atoms with Crippen molar-refractivity contribution in [2.75, 3.05) is 0 Å². The van der Waals surface area contributed by atoms with E-state index in [0.717, 1.165) is 27.0 Å². The number of benzene rings is 2. The summed E-state index contributed by atoms with van der Waals surface area (Å²) in [6.45, 7) is 3.97. The maximum atomic E-state index is 6.33. The molecular weight excluding hydrogens is 371 g/mol. The molecule has 3 rings (SSSR count). The van der Waals surface area contributed by atoms with Crippen molar-refractivity contribution in [1.29, 1.82) is 0 Å². The molecule has 21 heavy (non-hydrogen) atoms. The van der Waals surface area contributed by atoms with Gasteiger partial charge in [0.05, 0.1) is 21.6 Å². The van der Waals surface area contributed by atoms with Crippen molar-refractivity contribution in [3.63, 3.8) is 0 Å². The zero-order valence-corrected chi connectivity index (χ0v) is 14.7. The molecule has 2 nitrogen and oxygen atoms in total. The molecule has 0 aliphatic carbocycles. The number of aromatic nitrogens is 2. The first kappa shape index (κ1) is 14.9. The lowest BCUT2D eigenvalue weighted by Crippen LogP contribution is -2.03. The molecule has 0 N–H and O–H groups in total. The van der Waals surface area contributed by atoms with Gasteiger partial charge in [-0.2, -0.15) is 0 Å². The monoisotopic (exact) mass is 382 g/mol. The third kappa shape index (κ3) is 2.59. The van der Waals surface area contributed by atoms with Gasteiger partial charge in [0.2, 0.25) is 0 Å². The topological polar surface area (TPSA) is 17.8 Å². The highest BCUT2D eigenvalue weighted by atomic mass is 79.9. The van der Waals surface area contributed by atoms with Crippen LogP contribution >= 0.6 is 39.1 Å². The number of aryl methyl sites for hydroxylation is 1. The number of halogens is 3. The molecule has 1 heterocycles. The highest BCUT2D eigenvalue weighted by molar-refractivity contribution is 9.10. The number of para-hydroxylation sites is 1. The van der Waals surface area contributed by atoms with E-state index in [4.69, 9.17) is 23.2 Å². The molecule has 0 aliphatic rings. The third-order valence-electron chi connectivity index (χ3n) is 3.36. The molecule has 108 valence electrons. The predicted molar refractivity (Wildman–Crippen MR) is 92.8 cm³/mol. The van der Waals surface area contributed by atoms with Gasteiger partial charge in [-0.15, -0.1) is 11.6 Å². The minimum absolute atomic E-state index is 0.221. The minimum Gasteiger partial charge on any atom is -0.294 e. The standard InChI is InChI=1S/C16H13BrCl2N2/c1-9-6-7-11(17)14(8-9)21-13-5-3-4-12(19)15(13)20-16(21)10(2)18/h3-8,10H,1-2H3. The summed E-state index contributed by atoms with van der Waals surface area (Å²) in [5, 5.41) is 0.412. The van der Waals surface area contributed by atoms with E-state index in [9.17, 15) is 0 Å². The Morgan fingerprint density at radius 2 is 2.00 bits per heavy atom. The predicted octanol–water partition coefficient (Wildman–Crippen LogP) is 6.05. The second-order valence-electron chi connectivity index (χ2n) is 4.98. The Morgan fingerprint density at radius 3 is 2.71 bits per heavy atom. The van der Waals surface area contributed by atoms with E-state index in [2.05, 4.69) is 44.5 Å². The van der Waals surface area contributed by atoms with E-state index in [0.29, 0.717) is 5.02 Å². The zero-order valence-electron chi connectivity index (χ0n) is 11.6. The van der Waals surface area contributed by atoms with E-state index in [1.54, 1.807) is 0 Å². The van der Waals surface area contributed by atoms with E-state index < -0.39 is 0 Å². The lowest BCUT2D eigenvalue weighted by Gasteiger charge is -2.13. The largest absolute Gasteiger partial charge is 0.294 e. The first-order valence-electron chi connectivity index (χ1n) is 6.56. The quantitative estimate of drug-likeness (QED) is 0.492. The molecule has 0 saturated heterocycles. The van der Waals surface area contributed by atoms with Crippen LogP contribution in [-0.4, -0.2) is 9.55 Å². The van der Waals surface area contributed by atoms with Crippen molar-refractivity contribution < 1.29 is 0 Å². The first-order valence-corrected chi connectivity index (χ1v) is 8.17. The van der Waals surface area contributed by atoms with Gasteiger partial charge in [-0.1, -0.05) is 23.7 Å². The van der Waals surface area contributed by atoms with Crippen molar-refractivity contribution in [3.8, 4) is 5.69 Å². The normalized spacial score (nSPS) is 12.8. The molecule has 3 aromatic rings. The summed E-state index contributed by atoms with van der Waals surface area (Å²) in [4.78, 5) is 4.64. The van der Waals surface area contributed by atoms with Crippen molar-refractivity contribution in [1.82, 2.24) is 9.55 Å². The summed E-state index contributed by atoms with van der Waals surface area (Å²) >= 11 is 16.2. The maximum Gasteiger partial charge on any atom is 0.132 e. The molecule has 5 heteroatoms. The Hall–Kier alpha value is -1.03. The number of imidazole rings is 1. The Labute approximate surface area is 141 Å². The first-order chi connectivity index (χ1) is 9.99. The van der Waals surface area contributed by atoms with Crippen LogP contribution in [0.3, 0.4) is 0 Å². The summed E-state index contributed by atoms with van der Waals surface area (Å²) in [6.07, 6.45) is 0. The number of nitrogens with zero attached hydrogens (tertiary/aromatic N) is 2. The van der Waals surface area contributed by atoms with Crippen LogP contribution in [0.25, 0.3) is 16.7 Å². The van der Waals surface area contributed by atoms with Gasteiger partial charge in [-0.25, -0.2) is 4.98 Å². The van der Waals surface area contributed by atoms with Crippen LogP contribution in [0.4, 0.5) is 0 Å². The van der Waals surface area contributed by atoms with E-state index in [-0.39, 0.29) is 5.38 Å². The number of alkyl halides is 1. The van der Waals surface area contributed by atoms with E-state index >= 15 is 0 Å². The second kappa shape index (κ2) is 5.64. The molecule has 1 unspecified atom stereocenters. The SMILES string of the molecule is Cc1ccc(Br)c(-n2c(C(C)Cl)nc3c(Cl)cccc32)c1. The van der Waals surface area contributed by atoms with Gasteiger partial charge in [0, 0.05) is 4.47 Å². The van der Waals surface area contributed by atoms with Gasteiger partial charge in [0.25, 0.3) is 0 Å². The summed E-state index contributed by atoms with van der Waals surface area (Å²) in [6, 6.07) is 12.0. The third-order valence-corrected chi connectivity index (χ3v) is 4.53. The molecule has 0 radical (unpaired) electrons. The summed E-state index contributed by atoms with van der Waals surface area (Å²) in [5.41, 5.74) is 3.92. The van der Waals surface area contributed by atoms with E-state index in [1.807, 2.05) is 31.2 Å². The molecule has 0 amide bonds. The smallest absolute Gasteiger partial charge is 0.132 e. The molecule has 0 saturated carbocycles. The molecule has 0 fully saturated rings. The summed E-state index contributed by atoms with van der Waals surface area (Å²) in [5.74, 6) is 0.783. The van der Waals surface area contributed by atoms with Gasteiger partial charge in [0.1, 0.15) is 11.3 Å². The van der Waals surface area contributed by atoms with Crippen molar-refractivity contribution in [2.45, 2.75) is 19.2 Å². The van der Waals surface area contributed by atoms with Crippen molar-refractivity contribution in [2.24, 2.45) is 0 Å². The van der Waals surface area contributed by atoms with Crippen molar-refractivity contribution in [3.05, 3.63) is 57.3 Å². The lowest BCUT2D eigenvalue weighted by atomic mass is 10.2. The molecule has 2 aromatic carbocycles. The average Bonchev–Trinajstić information content (AvgIpc) is 2.82. The lowest BCUT2D eigenvalue weighted by molar-refractivity contribution is 0.879. The van der Waals surface area contributed by atoms with Crippen LogP contribution < -0.4 is 0 Å². The van der Waals surface area contributed by atoms with Crippen LogP contribution in [0.15, 0.2) is 40.9 Å². The Morgan fingerprint density at radius 1 is 1.24 bits per heavy atom. The molecule has 0 spiro atoms. The highest BCUT2D eigenvalue weighted by Crippen LogP contribution is 2.34. The van der Waals surface area contributed by atoms with Gasteiger partial charge >= 0.3 is 0 Å². The fourth-order valence-electron chi connectivity index (χ4n) is 2.40. The highest BCUT2D eigenvalue weighted by Gasteiger charge is 2.19. The molecule has 0 aliphatic heterocycles.